The number of hydrogen-bond donors (Lipinski definition) is 0. The van der Waals surface area contributed by atoms with Crippen molar-refractivity contribution in [3.63, 3.8) is 0 Å². The minimum Gasteiger partial charge on any atom is -0.327 e. The standard InChI is InChI=1S/C35H34N4/c1-5-19-35(20-6-2)27-21-23(33-36-29-11-7-9-13-31(29)38(33)3)15-17-25(27)26-18-16-24(22-28(26)35)34-37-30-12-8-10-14-32(30)39(34)4/h7-18,21-22H,5-6,19-20H2,1-4H3. The van der Waals surface area contributed by atoms with Crippen LogP contribution in [0.5, 0.6) is 0 Å². The van der Waals surface area contributed by atoms with Crippen LogP contribution in [0.1, 0.15) is 50.7 Å². The lowest BCUT2D eigenvalue weighted by Gasteiger charge is -2.32. The summed E-state index contributed by atoms with van der Waals surface area (Å²) in [5.74, 6) is 2.05. The Morgan fingerprint density at radius 2 is 1.03 bits per heavy atom. The molecule has 0 unspecified atom stereocenters. The molecule has 6 aromatic rings. The normalized spacial score (nSPS) is 13.7. The van der Waals surface area contributed by atoms with Crippen molar-refractivity contribution in [1.29, 1.82) is 0 Å². The molecule has 0 radical (unpaired) electrons. The van der Waals surface area contributed by atoms with Crippen LogP contribution in [-0.4, -0.2) is 19.1 Å². The molecule has 194 valence electrons. The van der Waals surface area contributed by atoms with Crippen molar-refractivity contribution in [2.24, 2.45) is 14.1 Å². The summed E-state index contributed by atoms with van der Waals surface area (Å²) in [6.45, 7) is 4.64. The smallest absolute Gasteiger partial charge is 0.140 e. The van der Waals surface area contributed by atoms with Gasteiger partial charge in [-0.1, -0.05) is 75.2 Å². The van der Waals surface area contributed by atoms with Crippen LogP contribution in [0.15, 0.2) is 84.9 Å². The van der Waals surface area contributed by atoms with Crippen LogP contribution >= 0.6 is 0 Å². The zero-order chi connectivity index (χ0) is 26.7. The van der Waals surface area contributed by atoms with Crippen LogP contribution in [0.25, 0.3) is 56.0 Å². The molecule has 0 fully saturated rings. The Bertz CT molecular complexity index is 1730. The lowest BCUT2D eigenvalue weighted by Crippen LogP contribution is -2.25. The fraction of sp³-hybridized carbons (Fsp3) is 0.257. The number of aryl methyl sites for hydroxylation is 2. The largest absolute Gasteiger partial charge is 0.327 e. The molecule has 4 aromatic carbocycles. The van der Waals surface area contributed by atoms with Gasteiger partial charge in [-0.25, -0.2) is 9.97 Å². The molecule has 2 heterocycles. The fourth-order valence-electron chi connectivity index (χ4n) is 7.10. The van der Waals surface area contributed by atoms with E-state index in [0.717, 1.165) is 59.4 Å². The third-order valence-corrected chi connectivity index (χ3v) is 8.80. The quantitative estimate of drug-likeness (QED) is 0.225. The van der Waals surface area contributed by atoms with E-state index in [2.05, 4.69) is 122 Å². The lowest BCUT2D eigenvalue weighted by molar-refractivity contribution is 0.436. The van der Waals surface area contributed by atoms with Crippen LogP contribution in [-0.2, 0) is 19.5 Å². The highest BCUT2D eigenvalue weighted by Gasteiger charge is 2.42. The molecule has 0 N–H and O–H groups in total. The Labute approximate surface area is 230 Å². The number of para-hydroxylation sites is 4. The summed E-state index contributed by atoms with van der Waals surface area (Å²) >= 11 is 0. The highest BCUT2D eigenvalue weighted by Crippen LogP contribution is 2.55. The molecule has 7 rings (SSSR count). The number of rotatable bonds is 6. The van der Waals surface area contributed by atoms with Gasteiger partial charge in [-0.3, -0.25) is 0 Å². The molecule has 0 saturated carbocycles. The van der Waals surface area contributed by atoms with Crippen molar-refractivity contribution < 1.29 is 0 Å². The Balaban J connectivity index is 1.42. The molecule has 0 bridgehead atoms. The number of aromatic nitrogens is 4. The van der Waals surface area contributed by atoms with E-state index in [1.165, 1.54) is 33.4 Å². The van der Waals surface area contributed by atoms with Crippen molar-refractivity contribution in [1.82, 2.24) is 19.1 Å². The van der Waals surface area contributed by atoms with Crippen LogP contribution in [0.3, 0.4) is 0 Å². The molecular weight excluding hydrogens is 476 g/mol. The summed E-state index contributed by atoms with van der Waals surface area (Å²) in [5, 5.41) is 0. The second kappa shape index (κ2) is 8.94. The Morgan fingerprint density at radius 3 is 1.44 bits per heavy atom. The van der Waals surface area contributed by atoms with Crippen molar-refractivity contribution in [2.45, 2.75) is 44.9 Å². The predicted molar refractivity (Wildman–Crippen MR) is 162 cm³/mol. The van der Waals surface area contributed by atoms with Crippen molar-refractivity contribution >= 4 is 22.1 Å². The maximum absolute atomic E-state index is 5.03. The summed E-state index contributed by atoms with van der Waals surface area (Å²) in [5.41, 5.74) is 12.4. The van der Waals surface area contributed by atoms with E-state index in [1.807, 2.05) is 0 Å². The van der Waals surface area contributed by atoms with Crippen LogP contribution in [0.2, 0.25) is 0 Å². The van der Waals surface area contributed by atoms with Gasteiger partial charge in [0.2, 0.25) is 0 Å². The fourth-order valence-corrected chi connectivity index (χ4v) is 7.10. The first-order valence-corrected chi connectivity index (χ1v) is 14.2. The second-order valence-corrected chi connectivity index (χ2v) is 11.1. The maximum Gasteiger partial charge on any atom is 0.140 e. The van der Waals surface area contributed by atoms with Crippen LogP contribution in [0.4, 0.5) is 0 Å². The van der Waals surface area contributed by atoms with Gasteiger partial charge in [0, 0.05) is 30.6 Å². The molecule has 0 saturated heterocycles. The topological polar surface area (TPSA) is 35.6 Å². The van der Waals surface area contributed by atoms with Gasteiger partial charge in [0.25, 0.3) is 0 Å². The van der Waals surface area contributed by atoms with Gasteiger partial charge in [0.05, 0.1) is 22.1 Å². The number of benzene rings is 4. The summed E-state index contributed by atoms with van der Waals surface area (Å²) in [4.78, 5) is 10.1. The van der Waals surface area contributed by atoms with Gasteiger partial charge in [-0.05, 0) is 71.5 Å². The summed E-state index contributed by atoms with van der Waals surface area (Å²) in [7, 11) is 4.25. The first-order valence-electron chi connectivity index (χ1n) is 14.2. The highest BCUT2D eigenvalue weighted by molar-refractivity contribution is 5.88. The van der Waals surface area contributed by atoms with Gasteiger partial charge in [0.1, 0.15) is 11.6 Å². The molecule has 0 amide bonds. The first-order chi connectivity index (χ1) is 19.1. The minimum absolute atomic E-state index is 0.0185. The molecule has 1 aliphatic carbocycles. The third-order valence-electron chi connectivity index (χ3n) is 8.80. The zero-order valence-electron chi connectivity index (χ0n) is 23.2. The third kappa shape index (κ3) is 3.44. The van der Waals surface area contributed by atoms with E-state index >= 15 is 0 Å². The number of nitrogens with zero attached hydrogens (tertiary/aromatic N) is 4. The molecule has 4 heteroatoms. The van der Waals surface area contributed by atoms with E-state index in [-0.39, 0.29) is 5.41 Å². The van der Waals surface area contributed by atoms with E-state index < -0.39 is 0 Å². The summed E-state index contributed by atoms with van der Waals surface area (Å²) in [6.07, 6.45) is 4.51. The van der Waals surface area contributed by atoms with Gasteiger partial charge >= 0.3 is 0 Å². The van der Waals surface area contributed by atoms with E-state index in [9.17, 15) is 0 Å². The van der Waals surface area contributed by atoms with E-state index in [4.69, 9.17) is 9.97 Å². The molecular formula is C35H34N4. The van der Waals surface area contributed by atoms with Gasteiger partial charge < -0.3 is 9.13 Å². The first kappa shape index (κ1) is 23.9. The molecule has 4 nitrogen and oxygen atoms in total. The molecule has 2 aromatic heterocycles. The van der Waals surface area contributed by atoms with Crippen molar-refractivity contribution in [3.05, 3.63) is 96.1 Å². The zero-order valence-corrected chi connectivity index (χ0v) is 23.2. The number of imidazole rings is 2. The van der Waals surface area contributed by atoms with Crippen molar-refractivity contribution in [3.8, 4) is 33.9 Å². The molecule has 1 aliphatic rings. The van der Waals surface area contributed by atoms with Crippen molar-refractivity contribution in [2.75, 3.05) is 0 Å². The van der Waals surface area contributed by atoms with Gasteiger partial charge in [0.15, 0.2) is 0 Å². The van der Waals surface area contributed by atoms with Crippen LogP contribution in [0, 0.1) is 0 Å². The monoisotopic (exact) mass is 510 g/mol. The molecule has 0 spiro atoms. The maximum atomic E-state index is 5.03. The average Bonchev–Trinajstić information content (AvgIpc) is 3.57. The van der Waals surface area contributed by atoms with Gasteiger partial charge in [-0.15, -0.1) is 0 Å². The Hall–Kier alpha value is -4.18. The average molecular weight is 511 g/mol. The number of hydrogen-bond acceptors (Lipinski definition) is 2. The minimum atomic E-state index is -0.0185. The Kier molecular flexibility index (Phi) is 5.48. The van der Waals surface area contributed by atoms with E-state index in [0.29, 0.717) is 0 Å². The van der Waals surface area contributed by atoms with E-state index in [1.54, 1.807) is 0 Å². The summed E-state index contributed by atoms with van der Waals surface area (Å²) in [6, 6.07) is 30.9. The predicted octanol–water partition coefficient (Wildman–Crippen LogP) is 8.66. The number of fused-ring (bicyclic) bond motifs is 5. The molecule has 0 aliphatic heterocycles. The molecule has 0 atom stereocenters. The van der Waals surface area contributed by atoms with Gasteiger partial charge in [-0.2, -0.15) is 0 Å². The lowest BCUT2D eigenvalue weighted by atomic mass is 9.71. The SMILES string of the molecule is CCCC1(CCC)c2cc(-c3nc4ccccc4n3C)ccc2-c2ccc(-c3nc4ccccc4n3C)cc21. The Morgan fingerprint density at radius 1 is 0.590 bits per heavy atom. The summed E-state index contributed by atoms with van der Waals surface area (Å²) < 4.78 is 4.45. The van der Waals surface area contributed by atoms with Crippen LogP contribution < -0.4 is 0 Å². The molecule has 39 heavy (non-hydrogen) atoms. The second-order valence-electron chi connectivity index (χ2n) is 11.1. The highest BCUT2D eigenvalue weighted by atomic mass is 15.1.